The van der Waals surface area contributed by atoms with Gasteiger partial charge in [-0.15, -0.1) is 0 Å². The lowest BCUT2D eigenvalue weighted by atomic mass is 10.0. The molecule has 0 aromatic heterocycles. The van der Waals surface area contributed by atoms with E-state index in [0.29, 0.717) is 31.6 Å². The fourth-order valence-corrected chi connectivity index (χ4v) is 3.22. The average molecular weight is 297 g/mol. The van der Waals surface area contributed by atoms with Crippen LogP contribution in [0.2, 0.25) is 0 Å². The summed E-state index contributed by atoms with van der Waals surface area (Å²) in [6.07, 6.45) is 2.20. The van der Waals surface area contributed by atoms with Crippen LogP contribution in [-0.4, -0.2) is 34.0 Å². The van der Waals surface area contributed by atoms with Crippen molar-refractivity contribution in [3.05, 3.63) is 29.3 Å². The molecule has 0 saturated carbocycles. The third-order valence-corrected chi connectivity index (χ3v) is 4.70. The SMILES string of the molecule is NCCCCNS(=O)(=O)c1ccc2c(c1)C(=O)NCC2. The van der Waals surface area contributed by atoms with Crippen molar-refractivity contribution in [2.45, 2.75) is 24.2 Å². The Morgan fingerprint density at radius 1 is 1.30 bits per heavy atom. The van der Waals surface area contributed by atoms with Crippen LogP contribution in [0.1, 0.15) is 28.8 Å². The van der Waals surface area contributed by atoms with E-state index in [4.69, 9.17) is 5.73 Å². The number of fused-ring (bicyclic) bond motifs is 1. The number of unbranched alkanes of at least 4 members (excludes halogenated alkanes) is 1. The molecule has 4 N–H and O–H groups in total. The van der Waals surface area contributed by atoms with Crippen molar-refractivity contribution < 1.29 is 13.2 Å². The molecule has 20 heavy (non-hydrogen) atoms. The van der Waals surface area contributed by atoms with E-state index in [9.17, 15) is 13.2 Å². The largest absolute Gasteiger partial charge is 0.352 e. The van der Waals surface area contributed by atoms with Crippen molar-refractivity contribution in [2.75, 3.05) is 19.6 Å². The summed E-state index contributed by atoms with van der Waals surface area (Å²) in [5, 5.41) is 2.71. The number of rotatable bonds is 6. The van der Waals surface area contributed by atoms with Crippen LogP contribution in [0, 0.1) is 0 Å². The molecule has 110 valence electrons. The van der Waals surface area contributed by atoms with Crippen molar-refractivity contribution in [3.8, 4) is 0 Å². The lowest BCUT2D eigenvalue weighted by Crippen LogP contribution is -2.32. The summed E-state index contributed by atoms with van der Waals surface area (Å²) in [4.78, 5) is 11.8. The summed E-state index contributed by atoms with van der Waals surface area (Å²) in [6, 6.07) is 4.69. The van der Waals surface area contributed by atoms with Gasteiger partial charge in [-0.3, -0.25) is 4.79 Å². The zero-order valence-corrected chi connectivity index (χ0v) is 12.0. The molecular formula is C13H19N3O3S. The Morgan fingerprint density at radius 3 is 2.85 bits per heavy atom. The van der Waals surface area contributed by atoms with Gasteiger partial charge in [0.2, 0.25) is 10.0 Å². The van der Waals surface area contributed by atoms with Crippen LogP contribution in [0.3, 0.4) is 0 Å². The van der Waals surface area contributed by atoms with Crippen molar-refractivity contribution in [2.24, 2.45) is 5.73 Å². The van der Waals surface area contributed by atoms with Gasteiger partial charge in [-0.05, 0) is 43.5 Å². The van der Waals surface area contributed by atoms with E-state index in [2.05, 4.69) is 10.0 Å². The second-order valence-corrected chi connectivity index (χ2v) is 6.49. The van der Waals surface area contributed by atoms with Gasteiger partial charge >= 0.3 is 0 Å². The maximum absolute atomic E-state index is 12.1. The lowest BCUT2D eigenvalue weighted by molar-refractivity contribution is 0.0946. The van der Waals surface area contributed by atoms with Gasteiger partial charge in [0.1, 0.15) is 0 Å². The number of hydrogen-bond donors (Lipinski definition) is 3. The highest BCUT2D eigenvalue weighted by molar-refractivity contribution is 7.89. The first-order chi connectivity index (χ1) is 9.54. The summed E-state index contributed by atoms with van der Waals surface area (Å²) in [5.74, 6) is -0.216. The quantitative estimate of drug-likeness (QED) is 0.643. The minimum Gasteiger partial charge on any atom is -0.352 e. The van der Waals surface area contributed by atoms with Crippen molar-refractivity contribution in [3.63, 3.8) is 0 Å². The molecule has 0 radical (unpaired) electrons. The van der Waals surface area contributed by atoms with E-state index in [1.54, 1.807) is 12.1 Å². The fourth-order valence-electron chi connectivity index (χ4n) is 2.12. The molecule has 1 aliphatic rings. The molecule has 1 aromatic rings. The summed E-state index contributed by atoms with van der Waals surface area (Å²) in [6.45, 7) is 1.48. The third-order valence-electron chi connectivity index (χ3n) is 3.24. The van der Waals surface area contributed by atoms with Crippen LogP contribution in [0.25, 0.3) is 0 Å². The number of carbonyl (C=O) groups excluding carboxylic acids is 1. The Balaban J connectivity index is 2.16. The molecule has 7 heteroatoms. The Labute approximate surface area is 118 Å². The average Bonchev–Trinajstić information content (AvgIpc) is 2.44. The number of sulfonamides is 1. The predicted molar refractivity (Wildman–Crippen MR) is 76.0 cm³/mol. The summed E-state index contributed by atoms with van der Waals surface area (Å²) in [7, 11) is -3.57. The van der Waals surface area contributed by atoms with E-state index in [0.717, 1.165) is 18.4 Å². The molecule has 0 bridgehead atoms. The summed E-state index contributed by atoms with van der Waals surface area (Å²) in [5.41, 5.74) is 6.69. The molecule has 2 rings (SSSR count). The van der Waals surface area contributed by atoms with Crippen molar-refractivity contribution in [1.29, 1.82) is 0 Å². The normalized spacial score (nSPS) is 14.8. The molecule has 0 saturated heterocycles. The second-order valence-electron chi connectivity index (χ2n) is 4.72. The second kappa shape index (κ2) is 6.34. The van der Waals surface area contributed by atoms with E-state index >= 15 is 0 Å². The van der Waals surface area contributed by atoms with Crippen molar-refractivity contribution in [1.82, 2.24) is 10.0 Å². The monoisotopic (exact) mass is 297 g/mol. The molecule has 0 spiro atoms. The van der Waals surface area contributed by atoms with Gasteiger partial charge in [-0.2, -0.15) is 0 Å². The van der Waals surface area contributed by atoms with Crippen LogP contribution >= 0.6 is 0 Å². The van der Waals surface area contributed by atoms with E-state index in [-0.39, 0.29) is 10.8 Å². The van der Waals surface area contributed by atoms with Gasteiger partial charge < -0.3 is 11.1 Å². The van der Waals surface area contributed by atoms with Gasteiger partial charge in [0, 0.05) is 18.7 Å². The first-order valence-corrected chi connectivity index (χ1v) is 8.14. The number of carbonyl (C=O) groups is 1. The van der Waals surface area contributed by atoms with Gasteiger partial charge in [-0.25, -0.2) is 13.1 Å². The topological polar surface area (TPSA) is 101 Å². The van der Waals surface area contributed by atoms with E-state index in [1.165, 1.54) is 6.07 Å². The van der Waals surface area contributed by atoms with Crippen LogP contribution in [-0.2, 0) is 16.4 Å². The van der Waals surface area contributed by atoms with Crippen LogP contribution in [0.5, 0.6) is 0 Å². The van der Waals surface area contributed by atoms with E-state index in [1.807, 2.05) is 0 Å². The molecular weight excluding hydrogens is 278 g/mol. The standard InChI is InChI=1S/C13H19N3O3S/c14-6-1-2-7-16-20(18,19)11-4-3-10-5-8-15-13(17)12(10)9-11/h3-4,9,16H,1-2,5-8,14H2,(H,15,17). The Morgan fingerprint density at radius 2 is 2.10 bits per heavy atom. The summed E-state index contributed by atoms with van der Waals surface area (Å²) < 4.78 is 26.7. The van der Waals surface area contributed by atoms with Gasteiger partial charge in [0.25, 0.3) is 5.91 Å². The van der Waals surface area contributed by atoms with Crippen LogP contribution in [0.15, 0.2) is 23.1 Å². The Hall–Kier alpha value is -1.44. The molecule has 1 aliphatic heterocycles. The molecule has 0 unspecified atom stereocenters. The first kappa shape index (κ1) is 15.0. The molecule has 6 nitrogen and oxygen atoms in total. The maximum Gasteiger partial charge on any atom is 0.251 e. The number of nitrogens with one attached hydrogen (secondary N) is 2. The molecule has 1 aromatic carbocycles. The maximum atomic E-state index is 12.1. The molecule has 1 heterocycles. The number of nitrogens with two attached hydrogens (primary N) is 1. The van der Waals surface area contributed by atoms with Gasteiger partial charge in [-0.1, -0.05) is 6.07 Å². The van der Waals surface area contributed by atoms with Crippen LogP contribution < -0.4 is 15.8 Å². The number of amides is 1. The lowest BCUT2D eigenvalue weighted by Gasteiger charge is -2.17. The minimum absolute atomic E-state index is 0.126. The highest BCUT2D eigenvalue weighted by Gasteiger charge is 2.21. The predicted octanol–water partition coefficient (Wildman–Crippen LogP) is -0.0103. The van der Waals surface area contributed by atoms with E-state index < -0.39 is 10.0 Å². The molecule has 1 amide bonds. The number of hydrogen-bond acceptors (Lipinski definition) is 4. The molecule has 0 aliphatic carbocycles. The highest BCUT2D eigenvalue weighted by Crippen LogP contribution is 2.19. The van der Waals surface area contributed by atoms with Crippen LogP contribution in [0.4, 0.5) is 0 Å². The third kappa shape index (κ3) is 3.36. The van der Waals surface area contributed by atoms with Crippen molar-refractivity contribution >= 4 is 15.9 Å². The fraction of sp³-hybridized carbons (Fsp3) is 0.462. The zero-order chi connectivity index (χ0) is 14.6. The van der Waals surface area contributed by atoms with Gasteiger partial charge in [0.05, 0.1) is 4.90 Å². The first-order valence-electron chi connectivity index (χ1n) is 6.65. The minimum atomic E-state index is -3.57. The smallest absolute Gasteiger partial charge is 0.251 e. The Kier molecular flexibility index (Phi) is 4.74. The van der Waals surface area contributed by atoms with Gasteiger partial charge in [0.15, 0.2) is 0 Å². The zero-order valence-electron chi connectivity index (χ0n) is 11.2. The summed E-state index contributed by atoms with van der Waals surface area (Å²) >= 11 is 0. The number of benzene rings is 1. The molecule has 0 fully saturated rings. The highest BCUT2D eigenvalue weighted by atomic mass is 32.2. The Bertz CT molecular complexity index is 599. The molecule has 0 atom stereocenters.